The van der Waals surface area contributed by atoms with Crippen LogP contribution >= 0.6 is 23.2 Å². The van der Waals surface area contributed by atoms with Gasteiger partial charge >= 0.3 is 0 Å². The van der Waals surface area contributed by atoms with Gasteiger partial charge in [0.2, 0.25) is 15.9 Å². The molecule has 2 amide bonds. The van der Waals surface area contributed by atoms with E-state index in [2.05, 4.69) is 0 Å². The quantitative estimate of drug-likeness (QED) is 0.645. The van der Waals surface area contributed by atoms with Crippen molar-refractivity contribution in [3.8, 4) is 0 Å². The Balaban J connectivity index is 1.47. The number of rotatable bonds is 4. The summed E-state index contributed by atoms with van der Waals surface area (Å²) in [5.41, 5.74) is 0.343. The summed E-state index contributed by atoms with van der Waals surface area (Å²) < 4.78 is 27.0. The van der Waals surface area contributed by atoms with E-state index in [1.807, 2.05) is 4.90 Å². The van der Waals surface area contributed by atoms with Crippen LogP contribution in [0.3, 0.4) is 0 Å². The maximum atomic E-state index is 13.0. The van der Waals surface area contributed by atoms with E-state index in [0.717, 1.165) is 4.90 Å². The summed E-state index contributed by atoms with van der Waals surface area (Å²) in [7, 11) is -3.58. The first-order valence-electron chi connectivity index (χ1n) is 9.39. The Labute approximate surface area is 184 Å². The summed E-state index contributed by atoms with van der Waals surface area (Å²) in [6.07, 6.45) is 0.0361. The van der Waals surface area contributed by atoms with E-state index in [-0.39, 0.29) is 36.2 Å². The Morgan fingerprint density at radius 3 is 2.07 bits per heavy atom. The van der Waals surface area contributed by atoms with E-state index in [4.69, 9.17) is 23.2 Å². The standard InChI is InChI=1S/C20H19Cl2N3O4S/c21-14-10-15(22)12-16(11-14)25-19(26)13-18(20(25)27)23-6-8-24(9-7-23)30(28,29)17-4-2-1-3-5-17/h1-5,10-12,18H,6-9,13H2/t18-/m0/s1. The number of sulfonamides is 1. The van der Waals surface area contributed by atoms with E-state index >= 15 is 0 Å². The number of anilines is 1. The minimum absolute atomic E-state index is 0.0361. The van der Waals surface area contributed by atoms with Crippen LogP contribution in [0.5, 0.6) is 0 Å². The van der Waals surface area contributed by atoms with E-state index in [9.17, 15) is 18.0 Å². The fourth-order valence-corrected chi connectivity index (χ4v) is 5.80. The minimum atomic E-state index is -3.58. The predicted octanol–water partition coefficient (Wildman–Crippen LogP) is 2.63. The molecule has 2 saturated heterocycles. The molecule has 10 heteroatoms. The highest BCUT2D eigenvalue weighted by Gasteiger charge is 2.44. The Morgan fingerprint density at radius 1 is 0.867 bits per heavy atom. The van der Waals surface area contributed by atoms with Gasteiger partial charge in [0.25, 0.3) is 5.91 Å². The molecule has 0 radical (unpaired) electrons. The number of amides is 2. The van der Waals surface area contributed by atoms with Gasteiger partial charge < -0.3 is 0 Å². The molecule has 0 spiro atoms. The van der Waals surface area contributed by atoms with Crippen molar-refractivity contribution in [3.63, 3.8) is 0 Å². The predicted molar refractivity (Wildman–Crippen MR) is 114 cm³/mol. The van der Waals surface area contributed by atoms with Crippen molar-refractivity contribution in [2.75, 3.05) is 31.1 Å². The van der Waals surface area contributed by atoms with Gasteiger partial charge in [0.05, 0.1) is 23.0 Å². The number of imide groups is 1. The molecule has 2 aliphatic rings. The van der Waals surface area contributed by atoms with Crippen LogP contribution in [-0.2, 0) is 19.6 Å². The average molecular weight is 468 g/mol. The van der Waals surface area contributed by atoms with E-state index in [1.54, 1.807) is 30.3 Å². The lowest BCUT2D eigenvalue weighted by Gasteiger charge is -2.36. The molecule has 2 fully saturated rings. The molecule has 4 rings (SSSR count). The third-order valence-electron chi connectivity index (χ3n) is 5.32. The van der Waals surface area contributed by atoms with Crippen molar-refractivity contribution in [2.24, 2.45) is 0 Å². The fourth-order valence-electron chi connectivity index (χ4n) is 3.84. The molecule has 0 unspecified atom stereocenters. The van der Waals surface area contributed by atoms with Crippen molar-refractivity contribution in [1.82, 2.24) is 9.21 Å². The lowest BCUT2D eigenvalue weighted by atomic mass is 10.2. The first-order chi connectivity index (χ1) is 14.3. The Bertz CT molecular complexity index is 1070. The smallest absolute Gasteiger partial charge is 0.251 e. The van der Waals surface area contributed by atoms with Crippen molar-refractivity contribution in [2.45, 2.75) is 17.4 Å². The first-order valence-corrected chi connectivity index (χ1v) is 11.6. The molecule has 0 bridgehead atoms. The summed E-state index contributed by atoms with van der Waals surface area (Å²) in [5, 5.41) is 0.669. The first kappa shape index (κ1) is 21.3. The van der Waals surface area contributed by atoms with E-state index < -0.39 is 16.1 Å². The van der Waals surface area contributed by atoms with Gasteiger partial charge in [-0.15, -0.1) is 0 Å². The van der Waals surface area contributed by atoms with Crippen LogP contribution in [0.15, 0.2) is 53.4 Å². The SMILES string of the molecule is O=C1C[C@H](N2CCN(S(=O)(=O)c3ccccc3)CC2)C(=O)N1c1cc(Cl)cc(Cl)c1. The number of carbonyl (C=O) groups is 2. The van der Waals surface area contributed by atoms with Crippen LogP contribution in [0.4, 0.5) is 5.69 Å². The van der Waals surface area contributed by atoms with Crippen molar-refractivity contribution in [3.05, 3.63) is 58.6 Å². The van der Waals surface area contributed by atoms with Crippen LogP contribution < -0.4 is 4.90 Å². The Kier molecular flexibility index (Phi) is 5.87. The molecule has 0 aromatic heterocycles. The largest absolute Gasteiger partial charge is 0.289 e. The van der Waals surface area contributed by atoms with Crippen molar-refractivity contribution in [1.29, 1.82) is 0 Å². The van der Waals surface area contributed by atoms with Crippen LogP contribution in [-0.4, -0.2) is 61.7 Å². The number of benzene rings is 2. The lowest BCUT2D eigenvalue weighted by molar-refractivity contribution is -0.123. The number of piperazine rings is 1. The molecule has 0 saturated carbocycles. The maximum Gasteiger partial charge on any atom is 0.251 e. The topological polar surface area (TPSA) is 78.0 Å². The zero-order valence-electron chi connectivity index (χ0n) is 15.9. The highest BCUT2D eigenvalue weighted by Crippen LogP contribution is 2.31. The highest BCUT2D eigenvalue weighted by molar-refractivity contribution is 7.89. The van der Waals surface area contributed by atoms with E-state index in [1.165, 1.54) is 22.5 Å². The second-order valence-corrected chi connectivity index (χ2v) is 9.98. The number of hydrogen-bond donors (Lipinski definition) is 0. The molecular formula is C20H19Cl2N3O4S. The molecule has 2 heterocycles. The summed E-state index contributed by atoms with van der Waals surface area (Å²) >= 11 is 12.0. The summed E-state index contributed by atoms with van der Waals surface area (Å²) in [6.45, 7) is 1.22. The van der Waals surface area contributed by atoms with Crippen LogP contribution in [0.1, 0.15) is 6.42 Å². The molecule has 1 atom stereocenters. The van der Waals surface area contributed by atoms with Crippen molar-refractivity contribution >= 4 is 50.7 Å². The molecule has 0 N–H and O–H groups in total. The monoisotopic (exact) mass is 467 g/mol. The number of halogens is 2. The van der Waals surface area contributed by atoms with E-state index in [0.29, 0.717) is 28.8 Å². The van der Waals surface area contributed by atoms with Gasteiger partial charge in [0, 0.05) is 36.2 Å². The second-order valence-electron chi connectivity index (χ2n) is 7.17. The molecule has 7 nitrogen and oxygen atoms in total. The molecule has 2 aromatic rings. The van der Waals surface area contributed by atoms with Gasteiger partial charge in [-0.2, -0.15) is 4.31 Å². The van der Waals surface area contributed by atoms with Gasteiger partial charge in [0.15, 0.2) is 0 Å². The summed E-state index contributed by atoms with van der Waals surface area (Å²) in [5.74, 6) is -0.680. The summed E-state index contributed by atoms with van der Waals surface area (Å²) in [4.78, 5) is 28.8. The minimum Gasteiger partial charge on any atom is -0.289 e. The van der Waals surface area contributed by atoms with Crippen LogP contribution in [0.25, 0.3) is 0 Å². The van der Waals surface area contributed by atoms with Gasteiger partial charge in [-0.05, 0) is 30.3 Å². The third-order valence-corrected chi connectivity index (χ3v) is 7.67. The zero-order chi connectivity index (χ0) is 21.5. The number of carbonyl (C=O) groups excluding carboxylic acids is 2. The molecule has 2 aliphatic heterocycles. The molecule has 0 aliphatic carbocycles. The fraction of sp³-hybridized carbons (Fsp3) is 0.300. The molecule has 2 aromatic carbocycles. The number of nitrogens with zero attached hydrogens (tertiary/aromatic N) is 3. The van der Waals surface area contributed by atoms with Crippen molar-refractivity contribution < 1.29 is 18.0 Å². The second kappa shape index (κ2) is 8.28. The van der Waals surface area contributed by atoms with Gasteiger partial charge in [-0.25, -0.2) is 13.3 Å². The molecular weight excluding hydrogens is 449 g/mol. The van der Waals surface area contributed by atoms with Crippen LogP contribution in [0.2, 0.25) is 10.0 Å². The Hall–Kier alpha value is -1.97. The Morgan fingerprint density at radius 2 is 1.47 bits per heavy atom. The maximum absolute atomic E-state index is 13.0. The summed E-state index contributed by atoms with van der Waals surface area (Å²) in [6, 6.07) is 12.2. The number of hydrogen-bond acceptors (Lipinski definition) is 5. The highest BCUT2D eigenvalue weighted by atomic mass is 35.5. The third kappa shape index (κ3) is 3.98. The van der Waals surface area contributed by atoms with Gasteiger partial charge in [-0.1, -0.05) is 41.4 Å². The molecule has 158 valence electrons. The average Bonchev–Trinajstić information content (AvgIpc) is 3.02. The zero-order valence-corrected chi connectivity index (χ0v) is 18.2. The van der Waals surface area contributed by atoms with Crippen LogP contribution in [0, 0.1) is 0 Å². The van der Waals surface area contributed by atoms with Gasteiger partial charge in [-0.3, -0.25) is 14.5 Å². The molecule has 30 heavy (non-hydrogen) atoms. The van der Waals surface area contributed by atoms with Gasteiger partial charge in [0.1, 0.15) is 0 Å². The lowest BCUT2D eigenvalue weighted by Crippen LogP contribution is -2.53. The normalized spacial score (nSPS) is 21.4.